The normalized spacial score (nSPS) is 12.4. The molecule has 1 unspecified atom stereocenters. The lowest BCUT2D eigenvalue weighted by atomic mass is 10.0. The third-order valence-corrected chi connectivity index (χ3v) is 3.77. The molecule has 0 aliphatic rings. The Morgan fingerprint density at radius 3 is 2.05 bits per heavy atom. The van der Waals surface area contributed by atoms with E-state index >= 15 is 0 Å². The average molecular weight is 291 g/mol. The van der Waals surface area contributed by atoms with E-state index in [1.165, 1.54) is 45.4 Å². The number of halogens is 1. The van der Waals surface area contributed by atoms with Gasteiger partial charge in [0.1, 0.15) is 0 Å². The number of esters is 1. The molecule has 2 nitrogen and oxygen atoms in total. The zero-order chi connectivity index (χ0) is 14.3. The summed E-state index contributed by atoms with van der Waals surface area (Å²) in [6, 6.07) is 0. The molecule has 0 radical (unpaired) electrons. The van der Waals surface area contributed by atoms with Crippen molar-refractivity contribution in [2.24, 2.45) is 0 Å². The van der Waals surface area contributed by atoms with Crippen molar-refractivity contribution in [1.82, 2.24) is 0 Å². The van der Waals surface area contributed by atoms with E-state index in [0.717, 1.165) is 32.1 Å². The van der Waals surface area contributed by atoms with Crippen LogP contribution in [0.25, 0.3) is 0 Å². The van der Waals surface area contributed by atoms with Gasteiger partial charge in [0.25, 0.3) is 0 Å². The zero-order valence-corrected chi connectivity index (χ0v) is 13.5. The molecule has 0 bridgehead atoms. The molecule has 0 aromatic rings. The summed E-state index contributed by atoms with van der Waals surface area (Å²) in [5.41, 5.74) is 0. The Morgan fingerprint density at radius 2 is 1.47 bits per heavy atom. The van der Waals surface area contributed by atoms with Gasteiger partial charge in [0, 0.05) is 12.3 Å². The van der Waals surface area contributed by atoms with Gasteiger partial charge in [-0.25, -0.2) is 0 Å². The molecule has 1 atom stereocenters. The third kappa shape index (κ3) is 15.7. The molecule has 19 heavy (non-hydrogen) atoms. The first-order valence-electron chi connectivity index (χ1n) is 7.94. The summed E-state index contributed by atoms with van der Waals surface area (Å²) in [6.07, 6.45) is 13.5. The first-order chi connectivity index (χ1) is 9.16. The second-order valence-electron chi connectivity index (χ2n) is 5.34. The average Bonchev–Trinajstić information content (AvgIpc) is 2.37. The van der Waals surface area contributed by atoms with Gasteiger partial charge in [-0.15, -0.1) is 11.6 Å². The number of alkyl halides is 1. The second kappa shape index (κ2) is 14.2. The molecule has 0 amide bonds. The second-order valence-corrected chi connectivity index (χ2v) is 5.96. The van der Waals surface area contributed by atoms with Gasteiger partial charge in [-0.2, -0.15) is 0 Å². The Balaban J connectivity index is 3.16. The molecule has 0 N–H and O–H groups in total. The molecule has 114 valence electrons. The minimum Gasteiger partial charge on any atom is -0.466 e. The molecule has 0 heterocycles. The van der Waals surface area contributed by atoms with E-state index in [2.05, 4.69) is 6.92 Å². The van der Waals surface area contributed by atoms with Crippen LogP contribution in [-0.4, -0.2) is 18.0 Å². The van der Waals surface area contributed by atoms with Crippen molar-refractivity contribution in [3.05, 3.63) is 0 Å². The van der Waals surface area contributed by atoms with Crippen molar-refractivity contribution in [3.8, 4) is 0 Å². The van der Waals surface area contributed by atoms with Crippen LogP contribution in [0.2, 0.25) is 0 Å². The van der Waals surface area contributed by atoms with Crippen LogP contribution in [0.3, 0.4) is 0 Å². The fourth-order valence-electron chi connectivity index (χ4n) is 2.15. The molecular weight excluding hydrogens is 260 g/mol. The number of carbonyl (C=O) groups is 1. The molecular formula is C16H31ClO2. The highest BCUT2D eigenvalue weighted by atomic mass is 35.5. The van der Waals surface area contributed by atoms with Crippen molar-refractivity contribution in [3.63, 3.8) is 0 Å². The summed E-state index contributed by atoms with van der Waals surface area (Å²) in [5.74, 6) is -0.182. The Morgan fingerprint density at radius 1 is 0.947 bits per heavy atom. The number of ether oxygens (including phenoxy) is 1. The summed E-state index contributed by atoms with van der Waals surface area (Å²) in [6.45, 7) is 4.26. The van der Waals surface area contributed by atoms with Crippen LogP contribution in [0.15, 0.2) is 0 Å². The fourth-order valence-corrected chi connectivity index (χ4v) is 2.46. The minimum absolute atomic E-state index is 0.182. The van der Waals surface area contributed by atoms with Crippen molar-refractivity contribution in [2.45, 2.75) is 89.9 Å². The molecule has 0 saturated carbocycles. The van der Waals surface area contributed by atoms with E-state index in [0.29, 0.717) is 12.0 Å². The van der Waals surface area contributed by atoms with Crippen LogP contribution in [-0.2, 0) is 9.53 Å². The molecule has 0 spiro atoms. The maximum atomic E-state index is 10.6. The maximum Gasteiger partial charge on any atom is 0.302 e. The monoisotopic (exact) mass is 290 g/mol. The Hall–Kier alpha value is -0.240. The SMILES string of the molecule is CCCCCCCCC(Cl)CCCCCOC(C)=O. The largest absolute Gasteiger partial charge is 0.466 e. The molecule has 0 saturated heterocycles. The van der Waals surface area contributed by atoms with Gasteiger partial charge in [0.15, 0.2) is 0 Å². The van der Waals surface area contributed by atoms with E-state index in [1.807, 2.05) is 0 Å². The van der Waals surface area contributed by atoms with Gasteiger partial charge in [0.2, 0.25) is 0 Å². The highest BCUT2D eigenvalue weighted by Gasteiger charge is 2.04. The lowest BCUT2D eigenvalue weighted by Crippen LogP contribution is -2.02. The fraction of sp³-hybridized carbons (Fsp3) is 0.938. The lowest BCUT2D eigenvalue weighted by Gasteiger charge is -2.09. The standard InChI is InChI=1S/C16H31ClO2/c1-3-4-5-6-7-9-12-16(17)13-10-8-11-14-19-15(2)18/h16H,3-14H2,1-2H3. The van der Waals surface area contributed by atoms with Crippen LogP contribution in [0, 0.1) is 0 Å². The molecule has 0 rings (SSSR count). The van der Waals surface area contributed by atoms with Crippen molar-refractivity contribution in [2.75, 3.05) is 6.61 Å². The number of rotatable bonds is 13. The van der Waals surface area contributed by atoms with Gasteiger partial charge in [-0.3, -0.25) is 4.79 Å². The predicted octanol–water partition coefficient (Wildman–Crippen LogP) is 5.47. The third-order valence-electron chi connectivity index (χ3n) is 3.34. The number of carbonyl (C=O) groups excluding carboxylic acids is 1. The van der Waals surface area contributed by atoms with Gasteiger partial charge < -0.3 is 4.74 Å². The zero-order valence-electron chi connectivity index (χ0n) is 12.8. The van der Waals surface area contributed by atoms with Crippen LogP contribution in [0.5, 0.6) is 0 Å². The quantitative estimate of drug-likeness (QED) is 0.255. The summed E-state index contributed by atoms with van der Waals surface area (Å²) in [5, 5.41) is 0.333. The van der Waals surface area contributed by atoms with Crippen LogP contribution >= 0.6 is 11.6 Å². The molecule has 0 aromatic heterocycles. The highest BCUT2D eigenvalue weighted by molar-refractivity contribution is 6.20. The van der Waals surface area contributed by atoms with Crippen molar-refractivity contribution < 1.29 is 9.53 Å². The Labute approximate surface area is 124 Å². The van der Waals surface area contributed by atoms with Crippen LogP contribution in [0.4, 0.5) is 0 Å². The Bertz CT molecular complexity index is 207. The number of hydrogen-bond acceptors (Lipinski definition) is 2. The van der Waals surface area contributed by atoms with E-state index in [4.69, 9.17) is 16.3 Å². The van der Waals surface area contributed by atoms with Crippen LogP contribution < -0.4 is 0 Å². The summed E-state index contributed by atoms with van der Waals surface area (Å²) in [7, 11) is 0. The van der Waals surface area contributed by atoms with Crippen LogP contribution in [0.1, 0.15) is 84.5 Å². The molecule has 0 aliphatic heterocycles. The smallest absolute Gasteiger partial charge is 0.302 e. The topological polar surface area (TPSA) is 26.3 Å². The van der Waals surface area contributed by atoms with E-state index in [9.17, 15) is 4.79 Å². The molecule has 0 aliphatic carbocycles. The van der Waals surface area contributed by atoms with E-state index in [-0.39, 0.29) is 5.97 Å². The molecule has 0 fully saturated rings. The van der Waals surface area contributed by atoms with Gasteiger partial charge in [-0.1, -0.05) is 58.3 Å². The van der Waals surface area contributed by atoms with Gasteiger partial charge >= 0.3 is 5.97 Å². The van der Waals surface area contributed by atoms with E-state index < -0.39 is 0 Å². The first-order valence-corrected chi connectivity index (χ1v) is 8.38. The highest BCUT2D eigenvalue weighted by Crippen LogP contribution is 2.17. The Kier molecular flexibility index (Phi) is 14.0. The maximum absolute atomic E-state index is 10.6. The number of hydrogen-bond donors (Lipinski definition) is 0. The van der Waals surface area contributed by atoms with Crippen molar-refractivity contribution >= 4 is 17.6 Å². The lowest BCUT2D eigenvalue weighted by molar-refractivity contribution is -0.141. The van der Waals surface area contributed by atoms with Gasteiger partial charge in [0.05, 0.1) is 6.61 Å². The summed E-state index contributed by atoms with van der Waals surface area (Å²) < 4.78 is 4.89. The van der Waals surface area contributed by atoms with E-state index in [1.54, 1.807) is 0 Å². The van der Waals surface area contributed by atoms with Gasteiger partial charge in [-0.05, 0) is 19.3 Å². The first kappa shape index (κ1) is 18.8. The molecule has 0 aromatic carbocycles. The summed E-state index contributed by atoms with van der Waals surface area (Å²) >= 11 is 6.30. The van der Waals surface area contributed by atoms with Crippen molar-refractivity contribution in [1.29, 1.82) is 0 Å². The minimum atomic E-state index is -0.182. The molecule has 3 heteroatoms. The number of unbranched alkanes of at least 4 members (excludes halogenated alkanes) is 7. The summed E-state index contributed by atoms with van der Waals surface area (Å²) in [4.78, 5) is 10.6. The predicted molar refractivity (Wildman–Crippen MR) is 82.7 cm³/mol.